The van der Waals surface area contributed by atoms with Crippen molar-refractivity contribution in [1.82, 2.24) is 9.97 Å². The Bertz CT molecular complexity index is 861. The number of nitrogens with one attached hydrogen (secondary N) is 2. The number of aliphatic hydroxyl groups is 1. The number of fused-ring (bicyclic) bond motifs is 1. The molecule has 2 heterocycles. The first-order valence-electron chi connectivity index (χ1n) is 10.2. The molecule has 0 aromatic carbocycles. The highest BCUT2D eigenvalue weighted by Crippen LogP contribution is 2.56. The van der Waals surface area contributed by atoms with Gasteiger partial charge >= 0.3 is 5.97 Å². The molecule has 6 heteroatoms. The Morgan fingerprint density at radius 2 is 2.15 bits per heavy atom. The van der Waals surface area contributed by atoms with Gasteiger partial charge in [-0.2, -0.15) is 0 Å². The predicted molar refractivity (Wildman–Crippen MR) is 103 cm³/mol. The Morgan fingerprint density at radius 3 is 2.85 bits per heavy atom. The Morgan fingerprint density at radius 1 is 1.37 bits per heavy atom. The summed E-state index contributed by atoms with van der Waals surface area (Å²) in [4.78, 5) is 20.2. The Labute approximate surface area is 158 Å². The fourth-order valence-corrected chi connectivity index (χ4v) is 5.97. The molecule has 4 fully saturated rings. The Kier molecular flexibility index (Phi) is 3.93. The van der Waals surface area contributed by atoms with E-state index in [2.05, 4.69) is 15.3 Å². The molecule has 4 saturated carbocycles. The first-order chi connectivity index (χ1) is 13.1. The maximum atomic E-state index is 12.6. The molecule has 6 nitrogen and oxygen atoms in total. The molecule has 0 spiro atoms. The number of carbonyl (C=O) groups excluding carboxylic acids is 1. The van der Waals surface area contributed by atoms with Gasteiger partial charge in [0.15, 0.2) is 0 Å². The standard InChI is InChI=1S/C21H27N3O3/c1-2-5-27-20(25)16-11-23-19-15(3-4-22-19)18(16)24-17-13-6-12-7-14(17)10-21(26,8-12)9-13/h3-4,11-14,17,26H,2,5-10H2,1H3,(H2,22,23,24)/t12-,13-,14+,17-,21+. The van der Waals surface area contributed by atoms with Gasteiger partial charge in [-0.15, -0.1) is 0 Å². The molecule has 0 radical (unpaired) electrons. The molecule has 144 valence electrons. The number of ether oxygens (including phenoxy) is 1. The van der Waals surface area contributed by atoms with Crippen LogP contribution in [0.15, 0.2) is 18.5 Å². The molecular weight excluding hydrogens is 342 g/mol. The fraction of sp³-hybridized carbons (Fsp3) is 0.619. The number of carbonyl (C=O) groups is 1. The third-order valence-corrected chi connectivity index (χ3v) is 6.80. The number of aromatic nitrogens is 2. The van der Waals surface area contributed by atoms with Gasteiger partial charge in [-0.25, -0.2) is 9.78 Å². The first-order valence-corrected chi connectivity index (χ1v) is 10.2. The maximum absolute atomic E-state index is 12.6. The summed E-state index contributed by atoms with van der Waals surface area (Å²) in [5, 5.41) is 15.5. The molecule has 0 amide bonds. The minimum atomic E-state index is -0.459. The van der Waals surface area contributed by atoms with E-state index in [9.17, 15) is 9.90 Å². The molecule has 6 rings (SSSR count). The first kappa shape index (κ1) is 17.0. The van der Waals surface area contributed by atoms with Gasteiger partial charge in [-0.1, -0.05) is 6.92 Å². The van der Waals surface area contributed by atoms with E-state index in [1.54, 1.807) is 6.20 Å². The van der Waals surface area contributed by atoms with Crippen LogP contribution in [0.5, 0.6) is 0 Å². The third kappa shape index (κ3) is 2.81. The van der Waals surface area contributed by atoms with Crippen molar-refractivity contribution in [3.63, 3.8) is 0 Å². The van der Waals surface area contributed by atoms with E-state index in [0.29, 0.717) is 36.0 Å². The lowest BCUT2D eigenvalue weighted by Gasteiger charge is -2.58. The second kappa shape index (κ2) is 6.23. The number of H-pyrrole nitrogens is 1. The van der Waals surface area contributed by atoms with Crippen molar-refractivity contribution >= 4 is 22.7 Å². The van der Waals surface area contributed by atoms with Gasteiger partial charge in [0, 0.05) is 23.8 Å². The van der Waals surface area contributed by atoms with Crippen molar-refractivity contribution < 1.29 is 14.6 Å². The highest BCUT2D eigenvalue weighted by Gasteiger charge is 2.54. The Balaban J connectivity index is 1.49. The zero-order valence-electron chi connectivity index (χ0n) is 15.7. The Hall–Kier alpha value is -2.08. The zero-order valence-corrected chi connectivity index (χ0v) is 15.7. The van der Waals surface area contributed by atoms with Crippen molar-refractivity contribution in [2.45, 2.75) is 57.1 Å². The smallest absolute Gasteiger partial charge is 0.341 e. The second-order valence-corrected chi connectivity index (χ2v) is 8.79. The van der Waals surface area contributed by atoms with Crippen molar-refractivity contribution in [3.05, 3.63) is 24.0 Å². The summed E-state index contributed by atoms with van der Waals surface area (Å²) in [6.07, 6.45) is 9.32. The van der Waals surface area contributed by atoms with E-state index in [0.717, 1.165) is 42.4 Å². The van der Waals surface area contributed by atoms with Crippen LogP contribution < -0.4 is 5.32 Å². The van der Waals surface area contributed by atoms with Crippen molar-refractivity contribution in [1.29, 1.82) is 0 Å². The summed E-state index contributed by atoms with van der Waals surface area (Å²) in [7, 11) is 0. The topological polar surface area (TPSA) is 87.2 Å². The quantitative estimate of drug-likeness (QED) is 0.703. The number of rotatable bonds is 5. The van der Waals surface area contributed by atoms with Crippen LogP contribution in [0.4, 0.5) is 5.69 Å². The summed E-state index contributed by atoms with van der Waals surface area (Å²) in [5.41, 5.74) is 1.64. The van der Waals surface area contributed by atoms with E-state index >= 15 is 0 Å². The van der Waals surface area contributed by atoms with Gasteiger partial charge in [-0.05, 0) is 62.3 Å². The number of hydrogen-bond acceptors (Lipinski definition) is 5. The minimum Gasteiger partial charge on any atom is -0.462 e. The number of hydrogen-bond donors (Lipinski definition) is 3. The molecule has 4 aliphatic carbocycles. The third-order valence-electron chi connectivity index (χ3n) is 6.80. The molecular formula is C21H27N3O3. The highest BCUT2D eigenvalue weighted by molar-refractivity contribution is 6.04. The monoisotopic (exact) mass is 369 g/mol. The van der Waals surface area contributed by atoms with Gasteiger partial charge < -0.3 is 20.1 Å². The second-order valence-electron chi connectivity index (χ2n) is 8.79. The summed E-state index contributed by atoms with van der Waals surface area (Å²) in [6, 6.07) is 2.25. The number of anilines is 1. The van der Waals surface area contributed by atoms with Crippen LogP contribution in [-0.4, -0.2) is 39.3 Å². The van der Waals surface area contributed by atoms with Crippen molar-refractivity contribution in [2.24, 2.45) is 17.8 Å². The zero-order chi connectivity index (χ0) is 18.6. The van der Waals surface area contributed by atoms with Gasteiger partial charge in [0.05, 0.1) is 17.9 Å². The van der Waals surface area contributed by atoms with E-state index < -0.39 is 5.60 Å². The lowest BCUT2D eigenvalue weighted by molar-refractivity contribution is -0.129. The lowest BCUT2D eigenvalue weighted by atomic mass is 9.52. The van der Waals surface area contributed by atoms with E-state index in [4.69, 9.17) is 4.74 Å². The number of esters is 1. The molecule has 5 atom stereocenters. The van der Waals surface area contributed by atoms with Crippen molar-refractivity contribution in [3.8, 4) is 0 Å². The largest absolute Gasteiger partial charge is 0.462 e. The van der Waals surface area contributed by atoms with Crippen LogP contribution in [0.25, 0.3) is 11.0 Å². The molecule has 0 unspecified atom stereocenters. The highest BCUT2D eigenvalue weighted by atomic mass is 16.5. The van der Waals surface area contributed by atoms with Crippen LogP contribution in [0, 0.1) is 17.8 Å². The number of pyridine rings is 1. The van der Waals surface area contributed by atoms with E-state index in [1.165, 1.54) is 12.8 Å². The SMILES string of the molecule is CCCOC(=O)c1cnc2[nH]ccc2c1N[C@@H]1[C@@H]2C[C@@H]3C[C@H]1C[C@](O)(C3)C2. The molecule has 0 aliphatic heterocycles. The summed E-state index contributed by atoms with van der Waals surface area (Å²) < 4.78 is 5.40. The number of nitrogens with zero attached hydrogens (tertiary/aromatic N) is 1. The van der Waals surface area contributed by atoms with Crippen LogP contribution in [0.3, 0.4) is 0 Å². The summed E-state index contributed by atoms with van der Waals surface area (Å²) >= 11 is 0. The average Bonchev–Trinajstić information content (AvgIpc) is 3.10. The molecule has 2 aromatic rings. The van der Waals surface area contributed by atoms with Gasteiger partial charge in [0.2, 0.25) is 0 Å². The molecule has 4 aliphatic rings. The van der Waals surface area contributed by atoms with E-state index in [1.807, 2.05) is 19.2 Å². The van der Waals surface area contributed by atoms with Crippen LogP contribution in [0.1, 0.15) is 55.8 Å². The fourth-order valence-electron chi connectivity index (χ4n) is 5.97. The molecule has 27 heavy (non-hydrogen) atoms. The molecule has 3 N–H and O–H groups in total. The summed E-state index contributed by atoms with van der Waals surface area (Å²) in [6.45, 7) is 2.39. The van der Waals surface area contributed by atoms with Gasteiger partial charge in [0.25, 0.3) is 0 Å². The van der Waals surface area contributed by atoms with Crippen LogP contribution in [-0.2, 0) is 4.74 Å². The lowest BCUT2D eigenvalue weighted by Crippen LogP contribution is -2.59. The van der Waals surface area contributed by atoms with E-state index in [-0.39, 0.29) is 5.97 Å². The minimum absolute atomic E-state index is 0.292. The van der Waals surface area contributed by atoms with Gasteiger partial charge in [0.1, 0.15) is 11.2 Å². The van der Waals surface area contributed by atoms with Crippen LogP contribution >= 0.6 is 0 Å². The van der Waals surface area contributed by atoms with Gasteiger partial charge in [-0.3, -0.25) is 0 Å². The average molecular weight is 369 g/mol. The maximum Gasteiger partial charge on any atom is 0.341 e. The predicted octanol–water partition coefficient (Wildman–Crippen LogP) is 3.48. The molecule has 2 aromatic heterocycles. The number of aromatic amines is 1. The summed E-state index contributed by atoms with van der Waals surface area (Å²) in [5.74, 6) is 1.26. The van der Waals surface area contributed by atoms with Crippen LogP contribution in [0.2, 0.25) is 0 Å². The molecule has 4 bridgehead atoms. The normalized spacial score (nSPS) is 34.1. The van der Waals surface area contributed by atoms with Crippen molar-refractivity contribution in [2.75, 3.05) is 11.9 Å². The molecule has 0 saturated heterocycles.